The molecule has 0 saturated heterocycles. The number of benzene rings is 1. The van der Waals surface area contributed by atoms with Gasteiger partial charge in [-0.3, -0.25) is 0 Å². The van der Waals surface area contributed by atoms with Crippen molar-refractivity contribution in [1.82, 2.24) is 0 Å². The van der Waals surface area contributed by atoms with Gasteiger partial charge in [0.15, 0.2) is 0 Å². The van der Waals surface area contributed by atoms with Crippen molar-refractivity contribution in [2.45, 2.75) is 12.3 Å². The van der Waals surface area contributed by atoms with Crippen LogP contribution in [-0.4, -0.2) is 48.1 Å². The average molecular weight is 494 g/mol. The van der Waals surface area contributed by atoms with Crippen molar-refractivity contribution in [2.24, 2.45) is 0 Å². The van der Waals surface area contributed by atoms with Crippen LogP contribution in [-0.2, 0) is 14.4 Å². The third kappa shape index (κ3) is 7.05. The molecule has 1 aromatic rings. The Labute approximate surface area is 180 Å². The van der Waals surface area contributed by atoms with Crippen LogP contribution in [0.1, 0.15) is 5.56 Å². The summed E-state index contributed by atoms with van der Waals surface area (Å²) < 4.78 is 49.9. The van der Waals surface area contributed by atoms with Crippen LogP contribution in [0.25, 0.3) is 6.08 Å². The quantitative estimate of drug-likeness (QED) is 0.159. The van der Waals surface area contributed by atoms with E-state index in [1.54, 1.807) is 0 Å². The van der Waals surface area contributed by atoms with E-state index in [1.807, 2.05) is 0 Å². The molecule has 1 unspecified atom stereocenters. The fourth-order valence-corrected chi connectivity index (χ4v) is 4.36. The molecule has 1 heterocycles. The molecule has 0 aromatic heterocycles. The minimum atomic E-state index is -4.87. The number of ether oxygens (including phenoxy) is 2. The highest BCUT2D eigenvalue weighted by Crippen LogP contribution is 2.42. The fraction of sp³-hybridized carbons (Fsp3) is 0.400. The SMILES string of the molecule is O=C(OCCSSCCO[N+](=O)[O-])C1=Cc2cc(Cl)cc(Cl)c2OC1C(F)(F)F. The molecule has 0 bridgehead atoms. The number of alkyl halides is 3. The van der Waals surface area contributed by atoms with Gasteiger partial charge in [-0.2, -0.15) is 13.2 Å². The van der Waals surface area contributed by atoms with Crippen LogP contribution in [0.3, 0.4) is 0 Å². The molecule has 0 fully saturated rings. The lowest BCUT2D eigenvalue weighted by Gasteiger charge is -2.28. The van der Waals surface area contributed by atoms with E-state index >= 15 is 0 Å². The maximum atomic E-state index is 13.4. The molecule has 1 atom stereocenters. The third-order valence-corrected chi connectivity index (χ3v) is 6.08. The molecular weight excluding hydrogens is 482 g/mol. The molecule has 0 N–H and O–H groups in total. The molecule has 2 rings (SSSR count). The number of carbonyl (C=O) groups excluding carboxylic acids is 1. The minimum absolute atomic E-state index is 0.105. The second-order valence-electron chi connectivity index (χ2n) is 5.28. The lowest BCUT2D eigenvalue weighted by molar-refractivity contribution is -0.756. The van der Waals surface area contributed by atoms with Crippen LogP contribution in [0.4, 0.5) is 13.2 Å². The number of hydrogen-bond donors (Lipinski definition) is 0. The van der Waals surface area contributed by atoms with Crippen LogP contribution in [0.15, 0.2) is 17.7 Å². The predicted octanol–water partition coefficient (Wildman–Crippen LogP) is 4.83. The molecule has 7 nitrogen and oxygen atoms in total. The highest BCUT2D eigenvalue weighted by Gasteiger charge is 2.49. The molecule has 0 saturated carbocycles. The minimum Gasteiger partial charge on any atom is -0.474 e. The van der Waals surface area contributed by atoms with Crippen molar-refractivity contribution in [1.29, 1.82) is 0 Å². The third-order valence-electron chi connectivity index (χ3n) is 3.25. The first-order valence-electron chi connectivity index (χ1n) is 7.72. The van der Waals surface area contributed by atoms with Gasteiger partial charge in [-0.25, -0.2) is 4.79 Å². The Kier molecular flexibility index (Phi) is 8.61. The summed E-state index contributed by atoms with van der Waals surface area (Å²) >= 11 is 11.7. The van der Waals surface area contributed by atoms with Gasteiger partial charge in [-0.1, -0.05) is 44.8 Å². The zero-order valence-corrected chi connectivity index (χ0v) is 17.4. The first-order valence-corrected chi connectivity index (χ1v) is 11.0. The molecule has 29 heavy (non-hydrogen) atoms. The Balaban J connectivity index is 1.97. The lowest BCUT2D eigenvalue weighted by Crippen LogP contribution is -2.41. The molecule has 160 valence electrons. The van der Waals surface area contributed by atoms with Crippen LogP contribution in [0.5, 0.6) is 5.75 Å². The van der Waals surface area contributed by atoms with Crippen molar-refractivity contribution in [3.05, 3.63) is 43.4 Å². The van der Waals surface area contributed by atoms with E-state index in [4.69, 9.17) is 32.7 Å². The Morgan fingerprint density at radius 1 is 1.24 bits per heavy atom. The number of carbonyl (C=O) groups is 1. The zero-order chi connectivity index (χ0) is 21.6. The van der Waals surface area contributed by atoms with Crippen LogP contribution >= 0.6 is 44.8 Å². The van der Waals surface area contributed by atoms with Crippen LogP contribution < -0.4 is 4.74 Å². The standard InChI is InChI=1S/C15H12Cl2F3NO6S2/c16-9-5-8-6-10(13(15(18,19)20)27-12(8)11(17)7-9)14(22)25-1-3-28-29-4-2-26-21(23)24/h5-7,13H,1-4H2. The Morgan fingerprint density at radius 3 is 2.52 bits per heavy atom. The maximum Gasteiger partial charge on any atom is 0.430 e. The van der Waals surface area contributed by atoms with E-state index in [-0.39, 0.29) is 40.3 Å². The largest absolute Gasteiger partial charge is 0.474 e. The van der Waals surface area contributed by atoms with Gasteiger partial charge in [-0.05, 0) is 18.2 Å². The first kappa shape index (κ1) is 23.8. The van der Waals surface area contributed by atoms with Crippen molar-refractivity contribution in [3.8, 4) is 5.75 Å². The van der Waals surface area contributed by atoms with E-state index in [0.717, 1.165) is 6.08 Å². The second kappa shape index (κ2) is 10.5. The predicted molar refractivity (Wildman–Crippen MR) is 104 cm³/mol. The average Bonchev–Trinajstić information content (AvgIpc) is 2.61. The topological polar surface area (TPSA) is 87.9 Å². The van der Waals surface area contributed by atoms with Crippen LogP contribution in [0.2, 0.25) is 10.0 Å². The number of esters is 1. The van der Waals surface area contributed by atoms with E-state index in [2.05, 4.69) is 4.84 Å². The fourth-order valence-electron chi connectivity index (χ4n) is 2.16. The van der Waals surface area contributed by atoms with E-state index in [0.29, 0.717) is 5.75 Å². The van der Waals surface area contributed by atoms with Gasteiger partial charge in [-0.15, -0.1) is 10.1 Å². The number of nitrogens with zero attached hydrogens (tertiary/aromatic N) is 1. The molecule has 0 aliphatic carbocycles. The van der Waals surface area contributed by atoms with Gasteiger partial charge in [0.05, 0.1) is 10.6 Å². The lowest BCUT2D eigenvalue weighted by atomic mass is 10.0. The monoisotopic (exact) mass is 493 g/mol. The molecule has 1 aromatic carbocycles. The molecule has 1 aliphatic rings. The first-order chi connectivity index (χ1) is 13.6. The number of halogens is 5. The van der Waals surface area contributed by atoms with E-state index < -0.39 is 28.9 Å². The van der Waals surface area contributed by atoms with E-state index in [9.17, 15) is 28.1 Å². The van der Waals surface area contributed by atoms with Gasteiger partial charge >= 0.3 is 12.1 Å². The summed E-state index contributed by atoms with van der Waals surface area (Å²) in [6, 6.07) is 2.56. The Morgan fingerprint density at radius 2 is 1.90 bits per heavy atom. The number of hydrogen-bond acceptors (Lipinski definition) is 8. The van der Waals surface area contributed by atoms with Gasteiger partial charge in [0.25, 0.3) is 5.09 Å². The summed E-state index contributed by atoms with van der Waals surface area (Å²) in [5.74, 6) is -0.837. The van der Waals surface area contributed by atoms with Crippen molar-refractivity contribution in [2.75, 3.05) is 24.7 Å². The normalized spacial score (nSPS) is 15.8. The Bertz CT molecular complexity index is 809. The molecule has 1 aliphatic heterocycles. The smallest absolute Gasteiger partial charge is 0.430 e. The van der Waals surface area contributed by atoms with Gasteiger partial charge in [0, 0.05) is 22.1 Å². The highest BCUT2D eigenvalue weighted by atomic mass is 35.5. The molecular formula is C15H12Cl2F3NO6S2. The summed E-state index contributed by atoms with van der Waals surface area (Å²) in [7, 11) is 2.45. The molecule has 0 spiro atoms. The number of rotatable bonds is 9. The highest BCUT2D eigenvalue weighted by molar-refractivity contribution is 8.76. The molecule has 14 heteroatoms. The second-order valence-corrected chi connectivity index (χ2v) is 8.83. The van der Waals surface area contributed by atoms with Gasteiger partial charge in [0.2, 0.25) is 6.10 Å². The summed E-state index contributed by atoms with van der Waals surface area (Å²) in [6.07, 6.45) is -6.40. The van der Waals surface area contributed by atoms with Crippen molar-refractivity contribution >= 4 is 56.8 Å². The summed E-state index contributed by atoms with van der Waals surface area (Å²) in [6.45, 7) is -0.274. The van der Waals surface area contributed by atoms with Gasteiger partial charge < -0.3 is 14.3 Å². The van der Waals surface area contributed by atoms with Crippen LogP contribution in [0, 0.1) is 10.1 Å². The van der Waals surface area contributed by atoms with Gasteiger partial charge in [0.1, 0.15) is 19.0 Å². The molecule has 0 radical (unpaired) electrons. The van der Waals surface area contributed by atoms with Crippen molar-refractivity contribution < 1.29 is 37.4 Å². The molecule has 0 amide bonds. The van der Waals surface area contributed by atoms with Crippen molar-refractivity contribution in [3.63, 3.8) is 0 Å². The summed E-state index contributed by atoms with van der Waals surface area (Å²) in [5.41, 5.74) is -0.592. The summed E-state index contributed by atoms with van der Waals surface area (Å²) in [4.78, 5) is 26.3. The number of fused-ring (bicyclic) bond motifs is 1. The summed E-state index contributed by atoms with van der Waals surface area (Å²) in [5, 5.41) is 9.11. The Hall–Kier alpha value is -1.50. The zero-order valence-electron chi connectivity index (χ0n) is 14.2. The van der Waals surface area contributed by atoms with E-state index in [1.165, 1.54) is 33.7 Å². The maximum absolute atomic E-state index is 13.4.